The Morgan fingerprint density at radius 2 is 1.52 bits per heavy atom. The quantitative estimate of drug-likeness (QED) is 0.575. The normalized spacial score (nSPS) is 12.5. The van der Waals surface area contributed by atoms with Crippen LogP contribution in [0.4, 0.5) is 0 Å². The summed E-state index contributed by atoms with van der Waals surface area (Å²) in [4.78, 5) is 0.00276. The Bertz CT molecular complexity index is 1090. The smallest absolute Gasteiger partial charge is 0.207 e. The molecule has 0 saturated carbocycles. The fourth-order valence-corrected chi connectivity index (χ4v) is 4.96. The molecule has 0 saturated heterocycles. The van der Waals surface area contributed by atoms with Crippen LogP contribution in [-0.2, 0) is 10.0 Å². The third-order valence-electron chi connectivity index (χ3n) is 4.34. The first kappa shape index (κ1) is 19.3. The molecular formula is C21H17BrN2O2S. The van der Waals surface area contributed by atoms with Crippen LogP contribution in [0.2, 0.25) is 0 Å². The number of halogens is 1. The Balaban J connectivity index is 2.18. The molecule has 0 radical (unpaired) electrons. The van der Waals surface area contributed by atoms with Gasteiger partial charge in [0.15, 0.2) is 0 Å². The van der Waals surface area contributed by atoms with Crippen molar-refractivity contribution in [3.8, 4) is 6.07 Å². The van der Waals surface area contributed by atoms with Crippen LogP contribution in [0.5, 0.6) is 0 Å². The number of sulfonamides is 1. The van der Waals surface area contributed by atoms with Crippen molar-refractivity contribution in [3.63, 3.8) is 0 Å². The monoisotopic (exact) mass is 440 g/mol. The number of benzene rings is 3. The fraction of sp³-hybridized carbons (Fsp3) is 0.0952. The number of nitriles is 1. The van der Waals surface area contributed by atoms with Gasteiger partial charge >= 0.3 is 0 Å². The van der Waals surface area contributed by atoms with Gasteiger partial charge in [0.25, 0.3) is 0 Å². The molecular weight excluding hydrogens is 424 g/mol. The van der Waals surface area contributed by atoms with Crippen LogP contribution in [0.25, 0.3) is 0 Å². The average molecular weight is 441 g/mol. The van der Waals surface area contributed by atoms with Crippen molar-refractivity contribution in [2.75, 3.05) is 7.05 Å². The molecule has 27 heavy (non-hydrogen) atoms. The molecule has 6 heteroatoms. The van der Waals surface area contributed by atoms with Gasteiger partial charge < -0.3 is 0 Å². The zero-order valence-electron chi connectivity index (χ0n) is 14.6. The molecule has 0 aliphatic rings. The third-order valence-corrected chi connectivity index (χ3v) is 6.95. The summed E-state index contributed by atoms with van der Waals surface area (Å²) in [5, 5.41) is 9.34. The summed E-state index contributed by atoms with van der Waals surface area (Å²) >= 11 is 3.54. The molecule has 3 rings (SSSR count). The van der Waals surface area contributed by atoms with Crippen molar-refractivity contribution >= 4 is 26.0 Å². The van der Waals surface area contributed by atoms with E-state index in [1.165, 1.54) is 16.4 Å². The van der Waals surface area contributed by atoms with E-state index in [2.05, 4.69) is 15.9 Å². The highest BCUT2D eigenvalue weighted by Crippen LogP contribution is 2.36. The lowest BCUT2D eigenvalue weighted by Gasteiger charge is -2.29. The van der Waals surface area contributed by atoms with E-state index in [4.69, 9.17) is 0 Å². The number of nitrogens with zero attached hydrogens (tertiary/aromatic N) is 2. The van der Waals surface area contributed by atoms with Crippen molar-refractivity contribution < 1.29 is 8.42 Å². The molecule has 0 fully saturated rings. The number of rotatable bonds is 5. The molecule has 0 aliphatic carbocycles. The van der Waals surface area contributed by atoms with Gasteiger partial charge in [0.2, 0.25) is 10.0 Å². The van der Waals surface area contributed by atoms with Gasteiger partial charge in [0, 0.05) is 11.5 Å². The summed E-state index contributed by atoms with van der Waals surface area (Å²) in [6, 6.07) is 24.6. The van der Waals surface area contributed by atoms with E-state index in [-0.39, 0.29) is 10.5 Å². The maximum atomic E-state index is 13.4. The van der Waals surface area contributed by atoms with Crippen LogP contribution in [0.3, 0.4) is 0 Å². The molecule has 0 aromatic heterocycles. The first-order valence-electron chi connectivity index (χ1n) is 8.23. The summed E-state index contributed by atoms with van der Waals surface area (Å²) in [6.07, 6.45) is 0. The highest BCUT2D eigenvalue weighted by molar-refractivity contribution is 9.10. The third kappa shape index (κ3) is 3.81. The van der Waals surface area contributed by atoms with Crippen LogP contribution in [0, 0.1) is 11.3 Å². The van der Waals surface area contributed by atoms with Gasteiger partial charge in [-0.15, -0.1) is 0 Å². The van der Waals surface area contributed by atoms with E-state index >= 15 is 0 Å². The first-order valence-corrected chi connectivity index (χ1v) is 10.5. The molecule has 1 unspecified atom stereocenters. The van der Waals surface area contributed by atoms with Gasteiger partial charge in [-0.1, -0.05) is 76.6 Å². The van der Waals surface area contributed by atoms with Crippen LogP contribution in [0.15, 0.2) is 88.2 Å². The van der Waals surface area contributed by atoms with Gasteiger partial charge in [0.1, 0.15) is 6.07 Å². The van der Waals surface area contributed by atoms with E-state index in [0.29, 0.717) is 0 Å². The zero-order chi connectivity index (χ0) is 19.4. The van der Waals surface area contributed by atoms with E-state index in [9.17, 15) is 13.7 Å². The van der Waals surface area contributed by atoms with Gasteiger partial charge in [-0.2, -0.15) is 9.57 Å². The molecule has 0 spiro atoms. The first-order chi connectivity index (χ1) is 13.0. The zero-order valence-corrected chi connectivity index (χ0v) is 17.0. The molecule has 1 atom stereocenters. The molecule has 0 aliphatic heterocycles. The Morgan fingerprint density at radius 1 is 0.926 bits per heavy atom. The van der Waals surface area contributed by atoms with E-state index in [1.807, 2.05) is 60.7 Å². The molecule has 0 bridgehead atoms. The van der Waals surface area contributed by atoms with E-state index in [0.717, 1.165) is 15.6 Å². The number of hydrogen-bond donors (Lipinski definition) is 0. The van der Waals surface area contributed by atoms with Crippen LogP contribution in [0.1, 0.15) is 22.7 Å². The lowest BCUT2D eigenvalue weighted by molar-refractivity contribution is 0.417. The molecule has 0 N–H and O–H groups in total. The second-order valence-electron chi connectivity index (χ2n) is 5.96. The molecule has 3 aromatic rings. The predicted octanol–water partition coefficient (Wildman–Crippen LogP) is 4.73. The SMILES string of the molecule is CN(C(c1ccccc1)c1ccccc1Br)S(=O)(=O)c1ccccc1C#N. The maximum Gasteiger partial charge on any atom is 0.245 e. The fourth-order valence-electron chi connectivity index (χ4n) is 3.00. The lowest BCUT2D eigenvalue weighted by Crippen LogP contribution is -2.32. The van der Waals surface area contributed by atoms with Gasteiger partial charge in [0.05, 0.1) is 16.5 Å². The Kier molecular flexibility index (Phi) is 5.76. The Hall–Kier alpha value is -2.46. The van der Waals surface area contributed by atoms with Gasteiger partial charge in [-0.3, -0.25) is 0 Å². The minimum Gasteiger partial charge on any atom is -0.207 e. The van der Waals surface area contributed by atoms with Crippen molar-refractivity contribution in [2.45, 2.75) is 10.9 Å². The summed E-state index contributed by atoms with van der Waals surface area (Å²) in [5.74, 6) is 0. The summed E-state index contributed by atoms with van der Waals surface area (Å²) in [7, 11) is -2.36. The summed E-state index contributed by atoms with van der Waals surface area (Å²) in [6.45, 7) is 0. The standard InChI is InChI=1S/C21H17BrN2O2S/c1-24(27(25,26)20-14-8-5-11-17(20)15-23)21(16-9-3-2-4-10-16)18-12-6-7-13-19(18)22/h2-14,21H,1H3. The van der Waals surface area contributed by atoms with Crippen molar-refractivity contribution in [1.82, 2.24) is 4.31 Å². The number of hydrogen-bond acceptors (Lipinski definition) is 3. The molecule has 0 heterocycles. The molecule has 3 aromatic carbocycles. The summed E-state index contributed by atoms with van der Waals surface area (Å²) in [5.41, 5.74) is 1.79. The second kappa shape index (κ2) is 8.05. The predicted molar refractivity (Wildman–Crippen MR) is 109 cm³/mol. The minimum absolute atomic E-state index is 0.00276. The van der Waals surface area contributed by atoms with E-state index < -0.39 is 16.1 Å². The molecule has 0 amide bonds. The van der Waals surface area contributed by atoms with Crippen LogP contribution >= 0.6 is 15.9 Å². The maximum absolute atomic E-state index is 13.4. The largest absolute Gasteiger partial charge is 0.245 e. The lowest BCUT2D eigenvalue weighted by atomic mass is 9.99. The topological polar surface area (TPSA) is 61.2 Å². The van der Waals surface area contributed by atoms with Crippen molar-refractivity contribution in [3.05, 3.63) is 100 Å². The highest BCUT2D eigenvalue weighted by atomic mass is 79.9. The average Bonchev–Trinajstić information content (AvgIpc) is 2.70. The highest BCUT2D eigenvalue weighted by Gasteiger charge is 2.32. The van der Waals surface area contributed by atoms with E-state index in [1.54, 1.807) is 19.2 Å². The Labute approximate surface area is 167 Å². The van der Waals surface area contributed by atoms with Crippen LogP contribution < -0.4 is 0 Å². The van der Waals surface area contributed by atoms with Gasteiger partial charge in [-0.25, -0.2) is 8.42 Å². The Morgan fingerprint density at radius 3 is 2.19 bits per heavy atom. The van der Waals surface area contributed by atoms with Crippen molar-refractivity contribution in [2.24, 2.45) is 0 Å². The second-order valence-corrected chi connectivity index (χ2v) is 8.78. The van der Waals surface area contributed by atoms with Gasteiger partial charge in [-0.05, 0) is 29.3 Å². The van der Waals surface area contributed by atoms with Crippen molar-refractivity contribution in [1.29, 1.82) is 5.26 Å². The van der Waals surface area contributed by atoms with Crippen LogP contribution in [-0.4, -0.2) is 19.8 Å². The molecule has 4 nitrogen and oxygen atoms in total. The minimum atomic E-state index is -3.90. The summed E-state index contributed by atoms with van der Waals surface area (Å²) < 4.78 is 28.9. The molecule has 136 valence electrons.